The number of carbonyl (C=O) groups is 1. The van der Waals surface area contributed by atoms with E-state index in [0.717, 1.165) is 11.3 Å². The lowest BCUT2D eigenvalue weighted by Gasteiger charge is -2.10. The van der Waals surface area contributed by atoms with Crippen LogP contribution in [0.2, 0.25) is 0 Å². The molecule has 2 aromatic rings. The van der Waals surface area contributed by atoms with Crippen LogP contribution in [0.1, 0.15) is 15.9 Å². The molecule has 0 bridgehead atoms. The number of pyridine rings is 1. The lowest BCUT2D eigenvalue weighted by Crippen LogP contribution is -2.27. The number of carbonyl (C=O) groups excluding carboxylic acids is 1. The molecular formula is C15H18N4O2. The second-order valence-electron chi connectivity index (χ2n) is 4.38. The van der Waals surface area contributed by atoms with Crippen LogP contribution in [0.3, 0.4) is 0 Å². The Hall–Kier alpha value is -2.60. The maximum atomic E-state index is 12.1. The van der Waals surface area contributed by atoms with Crippen molar-refractivity contribution in [2.45, 2.75) is 6.42 Å². The SMILES string of the molecule is COc1ccccc1CCNC(=O)c1ccncc1NN. The van der Waals surface area contributed by atoms with Gasteiger partial charge in [-0.05, 0) is 24.1 Å². The molecule has 0 unspecified atom stereocenters. The highest BCUT2D eigenvalue weighted by molar-refractivity contribution is 5.99. The van der Waals surface area contributed by atoms with E-state index in [4.69, 9.17) is 10.6 Å². The zero-order chi connectivity index (χ0) is 15.1. The number of benzene rings is 1. The molecule has 0 radical (unpaired) electrons. The number of rotatable bonds is 6. The molecule has 1 aromatic carbocycles. The van der Waals surface area contributed by atoms with E-state index >= 15 is 0 Å². The normalized spacial score (nSPS) is 10.0. The number of nitrogen functional groups attached to an aromatic ring is 1. The number of hydrazine groups is 1. The average molecular weight is 286 g/mol. The Morgan fingerprint density at radius 1 is 1.33 bits per heavy atom. The first-order valence-electron chi connectivity index (χ1n) is 6.57. The topological polar surface area (TPSA) is 89.3 Å². The molecule has 21 heavy (non-hydrogen) atoms. The molecule has 0 aliphatic rings. The first-order valence-corrected chi connectivity index (χ1v) is 6.57. The van der Waals surface area contributed by atoms with Crippen molar-refractivity contribution in [1.29, 1.82) is 0 Å². The number of hydrogen-bond donors (Lipinski definition) is 3. The molecule has 0 aliphatic heterocycles. The number of aromatic nitrogens is 1. The van der Waals surface area contributed by atoms with Crippen LogP contribution in [0.5, 0.6) is 5.75 Å². The van der Waals surface area contributed by atoms with Gasteiger partial charge in [0.25, 0.3) is 5.91 Å². The van der Waals surface area contributed by atoms with Gasteiger partial charge in [0.05, 0.1) is 24.6 Å². The van der Waals surface area contributed by atoms with Crippen LogP contribution >= 0.6 is 0 Å². The Bertz CT molecular complexity index is 616. The van der Waals surface area contributed by atoms with E-state index in [1.165, 1.54) is 6.20 Å². The quantitative estimate of drug-likeness (QED) is 0.551. The summed E-state index contributed by atoms with van der Waals surface area (Å²) in [6, 6.07) is 9.35. The summed E-state index contributed by atoms with van der Waals surface area (Å²) in [4.78, 5) is 16.0. The number of hydrogen-bond acceptors (Lipinski definition) is 5. The lowest BCUT2D eigenvalue weighted by atomic mass is 10.1. The Kier molecular flexibility index (Phi) is 5.11. The number of nitrogens with one attached hydrogen (secondary N) is 2. The molecule has 0 saturated carbocycles. The summed E-state index contributed by atoms with van der Waals surface area (Å²) in [5, 5.41) is 2.86. The average Bonchev–Trinajstić information content (AvgIpc) is 2.55. The summed E-state index contributed by atoms with van der Waals surface area (Å²) < 4.78 is 5.28. The standard InChI is InChI=1S/C15H18N4O2/c1-21-14-5-3-2-4-11(14)6-9-18-15(20)12-7-8-17-10-13(12)19-16/h2-5,7-8,10,19H,6,9,16H2,1H3,(H,18,20). The Balaban J connectivity index is 1.95. The van der Waals surface area contributed by atoms with E-state index < -0.39 is 0 Å². The predicted molar refractivity (Wildman–Crippen MR) is 81.1 cm³/mol. The minimum Gasteiger partial charge on any atom is -0.496 e. The van der Waals surface area contributed by atoms with Crippen LogP contribution in [-0.4, -0.2) is 24.5 Å². The number of amides is 1. The number of ether oxygens (including phenoxy) is 1. The number of methoxy groups -OCH3 is 1. The largest absolute Gasteiger partial charge is 0.496 e. The summed E-state index contributed by atoms with van der Waals surface area (Å²) in [6.07, 6.45) is 3.75. The summed E-state index contributed by atoms with van der Waals surface area (Å²) in [6.45, 7) is 0.505. The van der Waals surface area contributed by atoms with E-state index in [9.17, 15) is 4.79 Å². The third kappa shape index (κ3) is 3.70. The zero-order valence-electron chi connectivity index (χ0n) is 11.8. The minimum atomic E-state index is -0.194. The molecule has 6 heteroatoms. The third-order valence-electron chi connectivity index (χ3n) is 3.09. The number of nitrogens with two attached hydrogens (primary N) is 1. The van der Waals surface area contributed by atoms with Gasteiger partial charge in [-0.25, -0.2) is 0 Å². The van der Waals surface area contributed by atoms with Gasteiger partial charge in [0.15, 0.2) is 0 Å². The molecule has 6 nitrogen and oxygen atoms in total. The van der Waals surface area contributed by atoms with Crippen molar-refractivity contribution in [3.8, 4) is 5.75 Å². The number of nitrogens with zero attached hydrogens (tertiary/aromatic N) is 1. The first kappa shape index (κ1) is 14.8. The molecule has 1 aromatic heterocycles. The Labute approximate surface area is 123 Å². The summed E-state index contributed by atoms with van der Waals surface area (Å²) in [5.41, 5.74) is 4.47. The molecule has 2 rings (SSSR count). The van der Waals surface area contributed by atoms with E-state index in [0.29, 0.717) is 24.2 Å². The molecule has 110 valence electrons. The summed E-state index contributed by atoms with van der Waals surface area (Å²) in [7, 11) is 1.63. The number of anilines is 1. The van der Waals surface area contributed by atoms with Gasteiger partial charge >= 0.3 is 0 Å². The van der Waals surface area contributed by atoms with Crippen LogP contribution in [0.15, 0.2) is 42.7 Å². The van der Waals surface area contributed by atoms with Crippen molar-refractivity contribution in [3.63, 3.8) is 0 Å². The highest BCUT2D eigenvalue weighted by Gasteiger charge is 2.10. The van der Waals surface area contributed by atoms with Crippen molar-refractivity contribution in [2.75, 3.05) is 19.1 Å². The van der Waals surface area contributed by atoms with Crippen molar-refractivity contribution < 1.29 is 9.53 Å². The molecule has 0 saturated heterocycles. The molecule has 0 fully saturated rings. The Morgan fingerprint density at radius 3 is 2.90 bits per heavy atom. The maximum absolute atomic E-state index is 12.1. The van der Waals surface area contributed by atoms with E-state index in [1.54, 1.807) is 19.4 Å². The molecule has 0 aliphatic carbocycles. The highest BCUT2D eigenvalue weighted by atomic mass is 16.5. The fourth-order valence-corrected chi connectivity index (χ4v) is 2.02. The monoisotopic (exact) mass is 286 g/mol. The molecule has 0 atom stereocenters. The van der Waals surface area contributed by atoms with Gasteiger partial charge in [-0.1, -0.05) is 18.2 Å². The van der Waals surface area contributed by atoms with Crippen molar-refractivity contribution in [1.82, 2.24) is 10.3 Å². The highest BCUT2D eigenvalue weighted by Crippen LogP contribution is 2.17. The summed E-state index contributed by atoms with van der Waals surface area (Å²) >= 11 is 0. The second-order valence-corrected chi connectivity index (χ2v) is 4.38. The fourth-order valence-electron chi connectivity index (χ4n) is 2.02. The summed E-state index contributed by atoms with van der Waals surface area (Å²) in [5.74, 6) is 5.98. The van der Waals surface area contributed by atoms with Crippen LogP contribution in [-0.2, 0) is 6.42 Å². The number of para-hydroxylation sites is 1. The molecule has 1 heterocycles. The van der Waals surface area contributed by atoms with Gasteiger partial charge in [-0.3, -0.25) is 15.6 Å². The van der Waals surface area contributed by atoms with Crippen LogP contribution < -0.4 is 21.3 Å². The van der Waals surface area contributed by atoms with Gasteiger partial charge in [-0.15, -0.1) is 0 Å². The van der Waals surface area contributed by atoms with Gasteiger partial charge < -0.3 is 15.5 Å². The Morgan fingerprint density at radius 2 is 2.14 bits per heavy atom. The molecule has 1 amide bonds. The van der Waals surface area contributed by atoms with E-state index in [2.05, 4.69) is 15.7 Å². The maximum Gasteiger partial charge on any atom is 0.253 e. The zero-order valence-corrected chi connectivity index (χ0v) is 11.8. The lowest BCUT2D eigenvalue weighted by molar-refractivity contribution is 0.0954. The second kappa shape index (κ2) is 7.25. The van der Waals surface area contributed by atoms with Crippen LogP contribution in [0, 0.1) is 0 Å². The first-order chi connectivity index (χ1) is 10.3. The van der Waals surface area contributed by atoms with Crippen LogP contribution in [0.25, 0.3) is 0 Å². The fraction of sp³-hybridized carbons (Fsp3) is 0.200. The van der Waals surface area contributed by atoms with Gasteiger partial charge in [0, 0.05) is 12.7 Å². The van der Waals surface area contributed by atoms with Crippen molar-refractivity contribution >= 4 is 11.6 Å². The minimum absolute atomic E-state index is 0.194. The smallest absolute Gasteiger partial charge is 0.253 e. The third-order valence-corrected chi connectivity index (χ3v) is 3.09. The van der Waals surface area contributed by atoms with E-state index in [-0.39, 0.29) is 5.91 Å². The van der Waals surface area contributed by atoms with E-state index in [1.807, 2.05) is 24.3 Å². The molecular weight excluding hydrogens is 268 g/mol. The van der Waals surface area contributed by atoms with Crippen molar-refractivity contribution in [2.24, 2.45) is 5.84 Å². The molecule has 4 N–H and O–H groups in total. The van der Waals surface area contributed by atoms with Gasteiger partial charge in [0.1, 0.15) is 5.75 Å². The predicted octanol–water partition coefficient (Wildman–Crippen LogP) is 1.35. The molecule has 0 spiro atoms. The van der Waals surface area contributed by atoms with Gasteiger partial charge in [0.2, 0.25) is 0 Å². The van der Waals surface area contributed by atoms with Gasteiger partial charge in [-0.2, -0.15) is 0 Å². The van der Waals surface area contributed by atoms with Crippen LogP contribution in [0.4, 0.5) is 5.69 Å². The van der Waals surface area contributed by atoms with Crippen molar-refractivity contribution in [3.05, 3.63) is 53.9 Å².